The Labute approximate surface area is 181 Å². The molecule has 0 spiro atoms. The number of aryl methyl sites for hydroxylation is 1. The molecule has 0 fully saturated rings. The average Bonchev–Trinajstić information content (AvgIpc) is 3.17. The molecule has 0 N–H and O–H groups in total. The molecule has 152 valence electrons. The molecule has 0 radical (unpaired) electrons. The lowest BCUT2D eigenvalue weighted by Crippen LogP contribution is -2.43. The predicted molar refractivity (Wildman–Crippen MR) is 119 cm³/mol. The van der Waals surface area contributed by atoms with Gasteiger partial charge in [-0.15, -0.1) is 0 Å². The van der Waals surface area contributed by atoms with Crippen LogP contribution in [0.5, 0.6) is 0 Å². The molecule has 3 heterocycles. The first-order valence-corrected chi connectivity index (χ1v) is 10.4. The second-order valence-corrected chi connectivity index (χ2v) is 7.59. The van der Waals surface area contributed by atoms with Crippen molar-refractivity contribution in [2.75, 3.05) is 11.4 Å². The van der Waals surface area contributed by atoms with Gasteiger partial charge in [0.15, 0.2) is 0 Å². The lowest BCUT2D eigenvalue weighted by molar-refractivity contribution is 0.0954. The molecule has 7 heteroatoms. The van der Waals surface area contributed by atoms with Crippen LogP contribution in [0.3, 0.4) is 0 Å². The highest BCUT2D eigenvalue weighted by atomic mass is 35.5. The summed E-state index contributed by atoms with van der Waals surface area (Å²) in [7, 11) is 0. The number of carbonyl (C=O) groups excluding carboxylic acids is 1. The zero-order valence-corrected chi connectivity index (χ0v) is 18.7. The van der Waals surface area contributed by atoms with Gasteiger partial charge in [-0.25, -0.2) is 0 Å². The molecule has 0 aliphatic carbocycles. The van der Waals surface area contributed by atoms with Crippen molar-refractivity contribution < 1.29 is 4.79 Å². The van der Waals surface area contributed by atoms with E-state index >= 15 is 0 Å². The first kappa shape index (κ1) is 21.3. The molecule has 1 atom stereocenters. The van der Waals surface area contributed by atoms with Crippen LogP contribution in [0.4, 0.5) is 5.69 Å². The van der Waals surface area contributed by atoms with Crippen molar-refractivity contribution in [1.82, 2.24) is 14.8 Å². The normalized spacial score (nSPS) is 15.6. The number of pyridine rings is 1. The van der Waals surface area contributed by atoms with Gasteiger partial charge in [-0.3, -0.25) is 14.5 Å². The molecule has 2 aromatic heterocycles. The minimum atomic E-state index is -0.100. The number of hydrogen-bond acceptors (Lipinski definition) is 3. The maximum Gasteiger partial charge on any atom is 0.277 e. The van der Waals surface area contributed by atoms with E-state index in [1.54, 1.807) is 28.0 Å². The third-order valence-electron chi connectivity index (χ3n) is 4.92. The zero-order valence-electron chi connectivity index (χ0n) is 17.2. The third kappa shape index (κ3) is 3.77. The van der Waals surface area contributed by atoms with Crippen LogP contribution >= 0.6 is 23.2 Å². The lowest BCUT2D eigenvalue weighted by Gasteiger charge is -2.33. The van der Waals surface area contributed by atoms with Crippen molar-refractivity contribution in [2.24, 2.45) is 0 Å². The van der Waals surface area contributed by atoms with Gasteiger partial charge in [0.1, 0.15) is 5.69 Å². The van der Waals surface area contributed by atoms with Gasteiger partial charge >= 0.3 is 0 Å². The Kier molecular flexibility index (Phi) is 6.30. The van der Waals surface area contributed by atoms with Crippen LogP contribution in [0.2, 0.25) is 10.0 Å². The van der Waals surface area contributed by atoms with Gasteiger partial charge in [0.25, 0.3) is 5.91 Å². The summed E-state index contributed by atoms with van der Waals surface area (Å²) in [6.45, 7) is 10.4. The number of carbonyl (C=O) groups is 1. The molecule has 29 heavy (non-hydrogen) atoms. The van der Waals surface area contributed by atoms with Gasteiger partial charge in [-0.1, -0.05) is 37.0 Å². The molecular weight excluding hydrogens is 407 g/mol. The molecule has 0 saturated carbocycles. The van der Waals surface area contributed by atoms with E-state index in [1.165, 1.54) is 0 Å². The van der Waals surface area contributed by atoms with Crippen LogP contribution in [-0.4, -0.2) is 27.2 Å². The maximum absolute atomic E-state index is 13.4. The summed E-state index contributed by atoms with van der Waals surface area (Å²) in [5.41, 5.74) is 4.76. The van der Waals surface area contributed by atoms with Crippen molar-refractivity contribution in [1.29, 1.82) is 0 Å². The van der Waals surface area contributed by atoms with Gasteiger partial charge in [-0.2, -0.15) is 5.10 Å². The highest BCUT2D eigenvalue weighted by Crippen LogP contribution is 2.37. The van der Waals surface area contributed by atoms with Crippen LogP contribution in [0.1, 0.15) is 48.6 Å². The fourth-order valence-corrected chi connectivity index (χ4v) is 3.89. The number of aromatic nitrogens is 3. The van der Waals surface area contributed by atoms with Crippen molar-refractivity contribution in [3.8, 4) is 11.1 Å². The summed E-state index contributed by atoms with van der Waals surface area (Å²) in [4.78, 5) is 19.4. The maximum atomic E-state index is 13.4. The fourth-order valence-electron chi connectivity index (χ4n) is 3.53. The molecule has 0 unspecified atom stereocenters. The van der Waals surface area contributed by atoms with Crippen molar-refractivity contribution in [2.45, 2.75) is 40.7 Å². The second kappa shape index (κ2) is 8.56. The molecule has 1 amide bonds. The van der Waals surface area contributed by atoms with E-state index in [1.807, 2.05) is 52.8 Å². The quantitative estimate of drug-likeness (QED) is 0.492. The number of fused-ring (bicyclic) bond motifs is 1. The highest BCUT2D eigenvalue weighted by Gasteiger charge is 2.34. The van der Waals surface area contributed by atoms with Gasteiger partial charge in [-0.05, 0) is 56.2 Å². The number of benzene rings is 1. The molecule has 1 aromatic carbocycles. The minimum Gasteiger partial charge on any atom is -0.305 e. The van der Waals surface area contributed by atoms with Gasteiger partial charge in [0, 0.05) is 29.7 Å². The number of halogens is 2. The summed E-state index contributed by atoms with van der Waals surface area (Å²) in [6.07, 6.45) is 3.50. The number of rotatable bonds is 2. The third-order valence-corrected chi connectivity index (χ3v) is 5.82. The van der Waals surface area contributed by atoms with Crippen LogP contribution in [0.15, 0.2) is 36.7 Å². The summed E-state index contributed by atoms with van der Waals surface area (Å²) in [6, 6.07) is 7.45. The molecule has 5 nitrogen and oxygen atoms in total. The summed E-state index contributed by atoms with van der Waals surface area (Å²) in [5, 5.41) is 5.43. The average molecular weight is 431 g/mol. The second-order valence-electron chi connectivity index (χ2n) is 6.81. The van der Waals surface area contributed by atoms with Crippen molar-refractivity contribution >= 4 is 34.8 Å². The number of amides is 1. The Morgan fingerprint density at radius 1 is 1.14 bits per heavy atom. The topological polar surface area (TPSA) is 51.0 Å². The molecule has 0 saturated heterocycles. The van der Waals surface area contributed by atoms with E-state index in [0.29, 0.717) is 22.3 Å². The molecule has 3 aromatic rings. The smallest absolute Gasteiger partial charge is 0.277 e. The summed E-state index contributed by atoms with van der Waals surface area (Å²) >= 11 is 12.4. The fraction of sp³-hybridized carbons (Fsp3) is 0.318. The molecule has 4 rings (SSSR count). The Morgan fingerprint density at radius 2 is 1.86 bits per heavy atom. The largest absolute Gasteiger partial charge is 0.305 e. The number of nitrogens with zero attached hydrogens (tertiary/aromatic N) is 4. The minimum absolute atomic E-state index is 0.0308. The van der Waals surface area contributed by atoms with Crippen LogP contribution in [-0.2, 0) is 0 Å². The van der Waals surface area contributed by atoms with Crippen molar-refractivity contribution in [3.63, 3.8) is 0 Å². The van der Waals surface area contributed by atoms with Crippen LogP contribution < -0.4 is 4.90 Å². The first-order valence-electron chi connectivity index (χ1n) is 9.65. The Bertz CT molecular complexity index is 1060. The Balaban J connectivity index is 0.00000117. The van der Waals surface area contributed by atoms with Crippen LogP contribution in [0, 0.1) is 13.8 Å². The first-order chi connectivity index (χ1) is 13.9. The standard InChI is InChI=1S/C20H18Cl2N4O.C2H6/c1-11-8-14(6-7-23-11)15-9-24-26-12(2)10-25(20(27)19(15)26)17-5-4-16(21)18(22)13(17)3;1-2/h4-9,12H,10H2,1-3H3;1-2H3/t12-;/m0./s1. The van der Waals surface area contributed by atoms with E-state index in [2.05, 4.69) is 10.1 Å². The highest BCUT2D eigenvalue weighted by molar-refractivity contribution is 6.42. The number of hydrogen-bond donors (Lipinski definition) is 0. The Morgan fingerprint density at radius 3 is 2.55 bits per heavy atom. The van der Waals surface area contributed by atoms with Crippen molar-refractivity contribution in [3.05, 3.63) is 63.7 Å². The number of anilines is 1. The summed E-state index contributed by atoms with van der Waals surface area (Å²) in [5.74, 6) is -0.100. The SMILES string of the molecule is CC.Cc1cc(-c2cnn3c2C(=O)N(c2ccc(Cl)c(Cl)c2C)C[C@@H]3C)ccn1. The molecule has 0 bridgehead atoms. The van der Waals surface area contributed by atoms with E-state index in [-0.39, 0.29) is 11.9 Å². The molecule has 1 aliphatic rings. The predicted octanol–water partition coefficient (Wildman–Crippen LogP) is 6.12. The van der Waals surface area contributed by atoms with Gasteiger partial charge in [0.05, 0.1) is 22.3 Å². The molecular formula is C22H24Cl2N4O. The zero-order chi connectivity index (χ0) is 21.3. The van der Waals surface area contributed by atoms with E-state index in [9.17, 15) is 4.79 Å². The van der Waals surface area contributed by atoms with Gasteiger partial charge < -0.3 is 4.90 Å². The van der Waals surface area contributed by atoms with E-state index in [4.69, 9.17) is 23.2 Å². The van der Waals surface area contributed by atoms with E-state index in [0.717, 1.165) is 28.1 Å². The lowest BCUT2D eigenvalue weighted by atomic mass is 10.0. The van der Waals surface area contributed by atoms with Gasteiger partial charge in [0.2, 0.25) is 0 Å². The van der Waals surface area contributed by atoms with Crippen LogP contribution in [0.25, 0.3) is 11.1 Å². The summed E-state index contributed by atoms with van der Waals surface area (Å²) < 4.78 is 1.80. The molecule has 1 aliphatic heterocycles. The monoisotopic (exact) mass is 430 g/mol. The Hall–Kier alpha value is -2.37. The van der Waals surface area contributed by atoms with E-state index < -0.39 is 0 Å².